The SMILES string of the molecule is Cc1cccc(-n2cccc2CN2CCC3(CCCCc4ccccc4OCCNC(=O)[C@H](C)NC3=O)CC2)n1. The van der Waals surface area contributed by atoms with E-state index in [0.29, 0.717) is 13.2 Å². The molecule has 40 heavy (non-hydrogen) atoms. The molecule has 2 amide bonds. The number of likely N-dealkylation sites (tertiary alicyclic amines) is 1. The Kier molecular flexibility index (Phi) is 8.85. The monoisotopic (exact) mass is 543 g/mol. The van der Waals surface area contributed by atoms with E-state index in [-0.39, 0.29) is 11.8 Å². The third kappa shape index (κ3) is 6.55. The maximum Gasteiger partial charge on any atom is 0.242 e. The van der Waals surface area contributed by atoms with Crippen LogP contribution in [-0.4, -0.2) is 58.5 Å². The van der Waals surface area contributed by atoms with Crippen molar-refractivity contribution < 1.29 is 14.3 Å². The van der Waals surface area contributed by atoms with Crippen LogP contribution in [0.25, 0.3) is 5.82 Å². The summed E-state index contributed by atoms with van der Waals surface area (Å²) < 4.78 is 8.11. The molecule has 212 valence electrons. The number of hydrogen-bond acceptors (Lipinski definition) is 5. The van der Waals surface area contributed by atoms with Gasteiger partial charge >= 0.3 is 0 Å². The third-order valence-electron chi connectivity index (χ3n) is 8.36. The Balaban J connectivity index is 1.28. The number of carbonyl (C=O) groups excluding carboxylic acids is 2. The molecule has 1 spiro atoms. The molecule has 3 aromatic rings. The first kappa shape index (κ1) is 27.9. The van der Waals surface area contributed by atoms with E-state index >= 15 is 0 Å². The molecule has 1 aromatic carbocycles. The highest BCUT2D eigenvalue weighted by atomic mass is 16.5. The molecule has 1 fully saturated rings. The van der Waals surface area contributed by atoms with Gasteiger partial charge in [0.1, 0.15) is 24.2 Å². The second kappa shape index (κ2) is 12.7. The van der Waals surface area contributed by atoms with E-state index in [1.54, 1.807) is 6.92 Å². The minimum atomic E-state index is -0.593. The van der Waals surface area contributed by atoms with Gasteiger partial charge in [-0.05, 0) is 94.9 Å². The number of benzene rings is 1. The summed E-state index contributed by atoms with van der Waals surface area (Å²) in [4.78, 5) is 33.6. The molecule has 8 heteroatoms. The number of nitrogens with zero attached hydrogens (tertiary/aromatic N) is 3. The lowest BCUT2D eigenvalue weighted by molar-refractivity contribution is -0.138. The van der Waals surface area contributed by atoms with Crippen LogP contribution in [0.3, 0.4) is 0 Å². The lowest BCUT2D eigenvalue weighted by atomic mass is 9.73. The van der Waals surface area contributed by atoms with Crippen LogP contribution in [0.4, 0.5) is 0 Å². The van der Waals surface area contributed by atoms with Gasteiger partial charge in [-0.2, -0.15) is 0 Å². The van der Waals surface area contributed by atoms with Crippen molar-refractivity contribution in [1.82, 2.24) is 25.1 Å². The molecule has 8 nitrogen and oxygen atoms in total. The largest absolute Gasteiger partial charge is 0.491 e. The Bertz CT molecular complexity index is 1310. The number of aryl methyl sites for hydroxylation is 2. The molecule has 1 saturated heterocycles. The van der Waals surface area contributed by atoms with Crippen molar-refractivity contribution in [3.8, 4) is 11.6 Å². The van der Waals surface area contributed by atoms with Crippen LogP contribution in [0.5, 0.6) is 5.75 Å². The van der Waals surface area contributed by atoms with E-state index in [2.05, 4.69) is 44.5 Å². The fourth-order valence-electron chi connectivity index (χ4n) is 5.92. The smallest absolute Gasteiger partial charge is 0.242 e. The summed E-state index contributed by atoms with van der Waals surface area (Å²) in [6.45, 7) is 7.02. The molecule has 2 N–H and O–H groups in total. The Hall–Kier alpha value is -3.65. The second-order valence-corrected chi connectivity index (χ2v) is 11.2. The zero-order valence-electron chi connectivity index (χ0n) is 23.7. The number of para-hydroxylation sites is 1. The molecule has 2 aliphatic rings. The van der Waals surface area contributed by atoms with Crippen molar-refractivity contribution in [2.45, 2.75) is 65.0 Å². The standard InChI is InChI=1S/C32H41N5O3/c1-24-9-7-14-29(34-24)37-19-8-12-27(37)23-36-20-16-32(17-21-36)15-6-5-11-26-10-3-4-13-28(26)40-22-18-33-30(38)25(2)35-31(32)39/h3-4,7-10,12-14,19,25H,5-6,11,15-18,20-23H2,1-2H3,(H,33,38)(H,35,39)/t25-/m0/s1. The fourth-order valence-corrected chi connectivity index (χ4v) is 5.92. The summed E-state index contributed by atoms with van der Waals surface area (Å²) in [5.74, 6) is 1.63. The molecule has 1 atom stereocenters. The van der Waals surface area contributed by atoms with E-state index in [4.69, 9.17) is 9.72 Å². The molecule has 0 radical (unpaired) electrons. The van der Waals surface area contributed by atoms with E-state index in [1.807, 2.05) is 43.3 Å². The number of rotatable bonds is 3. The summed E-state index contributed by atoms with van der Waals surface area (Å²) in [6.07, 6.45) is 7.27. The summed E-state index contributed by atoms with van der Waals surface area (Å²) in [5.41, 5.74) is 2.89. The number of fused-ring (bicyclic) bond motifs is 1. The number of hydrogen-bond donors (Lipinski definition) is 2. The lowest BCUT2D eigenvalue weighted by Gasteiger charge is -2.41. The van der Waals surface area contributed by atoms with Gasteiger partial charge in [-0.15, -0.1) is 0 Å². The maximum atomic E-state index is 13.7. The van der Waals surface area contributed by atoms with Crippen LogP contribution in [0.1, 0.15) is 56.0 Å². The van der Waals surface area contributed by atoms with E-state index in [0.717, 1.165) is 75.4 Å². The van der Waals surface area contributed by atoms with Crippen molar-refractivity contribution in [1.29, 1.82) is 0 Å². The fraction of sp³-hybridized carbons (Fsp3) is 0.469. The maximum absolute atomic E-state index is 13.7. The Labute approximate surface area is 237 Å². The first-order valence-corrected chi connectivity index (χ1v) is 14.6. The highest BCUT2D eigenvalue weighted by molar-refractivity contribution is 5.90. The summed E-state index contributed by atoms with van der Waals surface area (Å²) in [7, 11) is 0. The predicted octanol–water partition coefficient (Wildman–Crippen LogP) is 4.19. The average Bonchev–Trinajstić information content (AvgIpc) is 3.42. The van der Waals surface area contributed by atoms with Crippen LogP contribution >= 0.6 is 0 Å². The Morgan fingerprint density at radius 2 is 1.82 bits per heavy atom. The molecular weight excluding hydrogens is 502 g/mol. The topological polar surface area (TPSA) is 88.5 Å². The molecular formula is C32H41N5O3. The number of pyridine rings is 1. The molecule has 5 rings (SSSR count). The van der Waals surface area contributed by atoms with Crippen molar-refractivity contribution in [2.75, 3.05) is 26.2 Å². The van der Waals surface area contributed by atoms with Crippen LogP contribution in [0.2, 0.25) is 0 Å². The zero-order chi connectivity index (χ0) is 28.0. The molecule has 4 heterocycles. The van der Waals surface area contributed by atoms with Gasteiger partial charge in [0.2, 0.25) is 11.8 Å². The number of piperidine rings is 1. The molecule has 2 aromatic heterocycles. The lowest BCUT2D eigenvalue weighted by Crippen LogP contribution is -2.53. The first-order valence-electron chi connectivity index (χ1n) is 14.6. The summed E-state index contributed by atoms with van der Waals surface area (Å²) in [6, 6.07) is 17.8. The van der Waals surface area contributed by atoms with Gasteiger partial charge in [-0.25, -0.2) is 4.98 Å². The van der Waals surface area contributed by atoms with Crippen LogP contribution in [0.15, 0.2) is 60.8 Å². The summed E-state index contributed by atoms with van der Waals surface area (Å²) >= 11 is 0. The quantitative estimate of drug-likeness (QED) is 0.517. The van der Waals surface area contributed by atoms with Gasteiger partial charge in [0, 0.05) is 24.1 Å². The first-order chi connectivity index (χ1) is 19.4. The predicted molar refractivity (Wildman–Crippen MR) is 155 cm³/mol. The number of nitrogens with one attached hydrogen (secondary N) is 2. The molecule has 0 unspecified atom stereocenters. The number of aromatic nitrogens is 2. The van der Waals surface area contributed by atoms with Gasteiger partial charge in [0.05, 0.1) is 12.0 Å². The zero-order valence-corrected chi connectivity index (χ0v) is 23.7. The third-order valence-corrected chi connectivity index (χ3v) is 8.36. The van der Waals surface area contributed by atoms with Gasteiger partial charge in [-0.1, -0.05) is 30.7 Å². The Morgan fingerprint density at radius 3 is 2.65 bits per heavy atom. The van der Waals surface area contributed by atoms with Crippen LogP contribution in [0, 0.1) is 12.3 Å². The van der Waals surface area contributed by atoms with Crippen LogP contribution in [-0.2, 0) is 22.6 Å². The van der Waals surface area contributed by atoms with E-state index < -0.39 is 11.5 Å². The van der Waals surface area contributed by atoms with Crippen molar-refractivity contribution in [2.24, 2.45) is 5.41 Å². The number of carbonyl (C=O) groups is 2. The molecule has 0 bridgehead atoms. The van der Waals surface area contributed by atoms with Gasteiger partial charge in [-0.3, -0.25) is 14.5 Å². The second-order valence-electron chi connectivity index (χ2n) is 11.2. The minimum Gasteiger partial charge on any atom is -0.491 e. The van der Waals surface area contributed by atoms with Crippen molar-refractivity contribution in [3.05, 3.63) is 77.7 Å². The highest BCUT2D eigenvalue weighted by Crippen LogP contribution is 2.38. The Morgan fingerprint density at radius 1 is 1.00 bits per heavy atom. The van der Waals surface area contributed by atoms with Gasteiger partial charge in [0.25, 0.3) is 0 Å². The average molecular weight is 544 g/mol. The van der Waals surface area contributed by atoms with E-state index in [9.17, 15) is 9.59 Å². The summed E-state index contributed by atoms with van der Waals surface area (Å²) in [5, 5.41) is 5.95. The van der Waals surface area contributed by atoms with Crippen molar-refractivity contribution >= 4 is 11.8 Å². The minimum absolute atomic E-state index is 0.00802. The van der Waals surface area contributed by atoms with E-state index in [1.165, 1.54) is 11.3 Å². The van der Waals surface area contributed by atoms with Gasteiger partial charge in [0.15, 0.2) is 0 Å². The normalized spacial score (nSPS) is 20.9. The van der Waals surface area contributed by atoms with Crippen LogP contribution < -0.4 is 15.4 Å². The van der Waals surface area contributed by atoms with Crippen molar-refractivity contribution in [3.63, 3.8) is 0 Å². The molecule has 2 aliphatic heterocycles. The number of amides is 2. The number of ether oxygens (including phenoxy) is 1. The van der Waals surface area contributed by atoms with Gasteiger partial charge < -0.3 is 19.9 Å². The highest BCUT2D eigenvalue weighted by Gasteiger charge is 2.41. The molecule has 0 saturated carbocycles. The molecule has 0 aliphatic carbocycles.